The fourth-order valence-electron chi connectivity index (χ4n) is 1.98. The Morgan fingerprint density at radius 3 is 3.11 bits per heavy atom. The zero-order chi connectivity index (χ0) is 13.0. The number of amides is 1. The first-order chi connectivity index (χ1) is 8.66. The van der Waals surface area contributed by atoms with Crippen molar-refractivity contribution in [1.29, 1.82) is 0 Å². The number of hydrogen-bond acceptors (Lipinski definition) is 4. The van der Waals surface area contributed by atoms with Crippen molar-refractivity contribution in [2.45, 2.75) is 26.3 Å². The van der Waals surface area contributed by atoms with E-state index in [0.717, 1.165) is 25.3 Å². The standard InChI is InChI=1S/C12H18N2O3S/c1-9-8-18-12(16)14(9)4-2-11(15)13-6-10-3-5-17-7-10/h8,10H,2-7H2,1H3,(H,13,15)/t10-/m0/s1. The van der Waals surface area contributed by atoms with E-state index in [1.54, 1.807) is 4.57 Å². The smallest absolute Gasteiger partial charge is 0.307 e. The molecular weight excluding hydrogens is 252 g/mol. The highest BCUT2D eigenvalue weighted by Crippen LogP contribution is 2.10. The van der Waals surface area contributed by atoms with E-state index in [9.17, 15) is 9.59 Å². The molecule has 1 atom stereocenters. The first-order valence-electron chi connectivity index (χ1n) is 6.16. The lowest BCUT2D eigenvalue weighted by atomic mass is 10.1. The van der Waals surface area contributed by atoms with Gasteiger partial charge in [0.1, 0.15) is 0 Å². The largest absolute Gasteiger partial charge is 0.381 e. The first kappa shape index (κ1) is 13.3. The number of rotatable bonds is 5. The fraction of sp³-hybridized carbons (Fsp3) is 0.667. The van der Waals surface area contributed by atoms with Gasteiger partial charge in [-0.05, 0) is 13.3 Å². The van der Waals surface area contributed by atoms with Gasteiger partial charge in [0.25, 0.3) is 0 Å². The third-order valence-corrected chi connectivity index (χ3v) is 4.03. The van der Waals surface area contributed by atoms with E-state index in [0.29, 0.717) is 25.4 Å². The van der Waals surface area contributed by atoms with Gasteiger partial charge in [0.05, 0.1) is 6.61 Å². The quantitative estimate of drug-likeness (QED) is 0.859. The predicted molar refractivity (Wildman–Crippen MR) is 69.9 cm³/mol. The van der Waals surface area contributed by atoms with Crippen LogP contribution < -0.4 is 10.2 Å². The minimum atomic E-state index is -0.000556. The second-order valence-corrected chi connectivity index (χ2v) is 5.40. The summed E-state index contributed by atoms with van der Waals surface area (Å²) in [5, 5.41) is 4.71. The summed E-state index contributed by atoms with van der Waals surface area (Å²) < 4.78 is 6.89. The van der Waals surface area contributed by atoms with Crippen molar-refractivity contribution in [3.8, 4) is 0 Å². The van der Waals surface area contributed by atoms with Crippen molar-refractivity contribution in [1.82, 2.24) is 9.88 Å². The molecule has 1 saturated heterocycles. The molecular formula is C12H18N2O3S. The summed E-state index contributed by atoms with van der Waals surface area (Å²) in [6, 6.07) is 0. The fourth-order valence-corrected chi connectivity index (χ4v) is 2.74. The lowest BCUT2D eigenvalue weighted by Gasteiger charge is -2.09. The number of hydrogen-bond donors (Lipinski definition) is 1. The summed E-state index contributed by atoms with van der Waals surface area (Å²) >= 11 is 1.18. The van der Waals surface area contributed by atoms with Crippen LogP contribution in [0.25, 0.3) is 0 Å². The van der Waals surface area contributed by atoms with E-state index in [1.165, 1.54) is 11.3 Å². The van der Waals surface area contributed by atoms with Crippen LogP contribution in [-0.4, -0.2) is 30.2 Å². The third-order valence-electron chi connectivity index (χ3n) is 3.15. The number of nitrogens with zero attached hydrogens (tertiary/aromatic N) is 1. The van der Waals surface area contributed by atoms with Crippen LogP contribution >= 0.6 is 11.3 Å². The minimum Gasteiger partial charge on any atom is -0.381 e. The maximum absolute atomic E-state index is 11.7. The number of carbonyl (C=O) groups excluding carboxylic acids is 1. The van der Waals surface area contributed by atoms with E-state index in [4.69, 9.17) is 4.74 Å². The van der Waals surface area contributed by atoms with E-state index < -0.39 is 0 Å². The maximum Gasteiger partial charge on any atom is 0.307 e. The number of carbonyl (C=O) groups is 1. The SMILES string of the molecule is Cc1csc(=O)n1CCC(=O)NC[C@@H]1CCOC1. The van der Waals surface area contributed by atoms with E-state index in [2.05, 4.69) is 5.32 Å². The molecule has 1 N–H and O–H groups in total. The Morgan fingerprint density at radius 2 is 2.50 bits per heavy atom. The lowest BCUT2D eigenvalue weighted by molar-refractivity contribution is -0.121. The van der Waals surface area contributed by atoms with Crippen molar-refractivity contribution in [3.05, 3.63) is 20.7 Å². The highest BCUT2D eigenvalue weighted by Gasteiger charge is 2.16. The molecule has 1 aliphatic heterocycles. The van der Waals surface area contributed by atoms with Crippen LogP contribution in [0, 0.1) is 12.8 Å². The molecule has 0 aliphatic carbocycles. The zero-order valence-electron chi connectivity index (χ0n) is 10.5. The van der Waals surface area contributed by atoms with Crippen LogP contribution in [0.3, 0.4) is 0 Å². The molecule has 1 amide bonds. The van der Waals surface area contributed by atoms with Crippen LogP contribution in [-0.2, 0) is 16.1 Å². The number of nitrogens with one attached hydrogen (secondary N) is 1. The van der Waals surface area contributed by atoms with Crippen molar-refractivity contribution >= 4 is 17.2 Å². The average molecular weight is 270 g/mol. The highest BCUT2D eigenvalue weighted by molar-refractivity contribution is 7.07. The van der Waals surface area contributed by atoms with E-state index >= 15 is 0 Å². The Morgan fingerprint density at radius 1 is 1.67 bits per heavy atom. The molecule has 2 heterocycles. The number of aryl methyl sites for hydroxylation is 1. The molecule has 5 nitrogen and oxygen atoms in total. The topological polar surface area (TPSA) is 60.3 Å². The van der Waals surface area contributed by atoms with Crippen LogP contribution in [0.2, 0.25) is 0 Å². The molecule has 1 fully saturated rings. The average Bonchev–Trinajstić information content (AvgIpc) is 2.96. The predicted octanol–water partition coefficient (Wildman–Crippen LogP) is 0.761. The third kappa shape index (κ3) is 3.43. The van der Waals surface area contributed by atoms with Crippen LogP contribution in [0.1, 0.15) is 18.5 Å². The van der Waals surface area contributed by atoms with Crippen molar-refractivity contribution in [3.63, 3.8) is 0 Å². The summed E-state index contributed by atoms with van der Waals surface area (Å²) in [5.74, 6) is 0.443. The van der Waals surface area contributed by atoms with Gasteiger partial charge in [0, 0.05) is 43.1 Å². The number of ether oxygens (including phenoxy) is 1. The van der Waals surface area contributed by atoms with Gasteiger partial charge in [-0.2, -0.15) is 0 Å². The van der Waals surface area contributed by atoms with Gasteiger partial charge in [0.2, 0.25) is 5.91 Å². The number of thiazole rings is 1. The summed E-state index contributed by atoms with van der Waals surface area (Å²) in [4.78, 5) is 23.1. The molecule has 6 heteroatoms. The molecule has 0 saturated carbocycles. The highest BCUT2D eigenvalue weighted by atomic mass is 32.1. The van der Waals surface area contributed by atoms with E-state index in [-0.39, 0.29) is 10.8 Å². The van der Waals surface area contributed by atoms with Gasteiger partial charge in [-0.25, -0.2) is 0 Å². The van der Waals surface area contributed by atoms with E-state index in [1.807, 2.05) is 12.3 Å². The summed E-state index contributed by atoms with van der Waals surface area (Å²) in [5.41, 5.74) is 0.919. The molecule has 1 aromatic rings. The molecule has 0 bridgehead atoms. The van der Waals surface area contributed by atoms with Crippen LogP contribution in [0.4, 0.5) is 0 Å². The maximum atomic E-state index is 11.7. The Labute approximate surface area is 110 Å². The van der Waals surface area contributed by atoms with Crippen molar-refractivity contribution in [2.75, 3.05) is 19.8 Å². The molecule has 0 aromatic carbocycles. The molecule has 1 aromatic heterocycles. The molecule has 2 rings (SSSR count). The Kier molecular flexibility index (Phi) is 4.54. The first-order valence-corrected chi connectivity index (χ1v) is 7.04. The monoisotopic (exact) mass is 270 g/mol. The zero-order valence-corrected chi connectivity index (χ0v) is 11.3. The van der Waals surface area contributed by atoms with Gasteiger partial charge >= 0.3 is 4.87 Å². The number of aromatic nitrogens is 1. The Bertz CT molecular complexity index is 460. The summed E-state index contributed by atoms with van der Waals surface area (Å²) in [6.45, 7) is 4.55. The van der Waals surface area contributed by atoms with Crippen molar-refractivity contribution < 1.29 is 9.53 Å². The lowest BCUT2D eigenvalue weighted by Crippen LogP contribution is -2.30. The molecule has 0 radical (unpaired) electrons. The Balaban J connectivity index is 1.73. The molecule has 1 aliphatic rings. The molecule has 100 valence electrons. The minimum absolute atomic E-state index is 0.000556. The summed E-state index contributed by atoms with van der Waals surface area (Å²) in [6.07, 6.45) is 1.37. The van der Waals surface area contributed by atoms with Gasteiger partial charge < -0.3 is 14.6 Å². The van der Waals surface area contributed by atoms with Crippen LogP contribution in [0.5, 0.6) is 0 Å². The van der Waals surface area contributed by atoms with Crippen LogP contribution in [0.15, 0.2) is 10.2 Å². The van der Waals surface area contributed by atoms with Gasteiger partial charge in [-0.1, -0.05) is 11.3 Å². The van der Waals surface area contributed by atoms with Gasteiger partial charge in [-0.3, -0.25) is 9.59 Å². The normalized spacial score (nSPS) is 19.1. The van der Waals surface area contributed by atoms with Gasteiger partial charge in [0.15, 0.2) is 0 Å². The second kappa shape index (κ2) is 6.15. The van der Waals surface area contributed by atoms with Crippen molar-refractivity contribution in [2.24, 2.45) is 5.92 Å². The second-order valence-electron chi connectivity index (χ2n) is 4.58. The molecule has 0 spiro atoms. The molecule has 18 heavy (non-hydrogen) atoms. The molecule has 0 unspecified atom stereocenters. The summed E-state index contributed by atoms with van der Waals surface area (Å²) in [7, 11) is 0. The van der Waals surface area contributed by atoms with Gasteiger partial charge in [-0.15, -0.1) is 0 Å². The Hall–Kier alpha value is -1.14.